The first-order chi connectivity index (χ1) is 7.22. The lowest BCUT2D eigenvalue weighted by Gasteiger charge is -2.11. The number of aliphatic hydroxyl groups is 1. The van der Waals surface area contributed by atoms with Crippen molar-refractivity contribution in [2.24, 2.45) is 0 Å². The van der Waals surface area contributed by atoms with Crippen LogP contribution in [0, 0.1) is 5.82 Å². The van der Waals surface area contributed by atoms with Crippen molar-refractivity contribution < 1.29 is 9.50 Å². The van der Waals surface area contributed by atoms with Gasteiger partial charge < -0.3 is 5.11 Å². The fourth-order valence-electron chi connectivity index (χ4n) is 1.78. The Morgan fingerprint density at radius 3 is 2.80 bits per heavy atom. The molecule has 0 heterocycles. The van der Waals surface area contributed by atoms with E-state index in [4.69, 9.17) is 0 Å². The summed E-state index contributed by atoms with van der Waals surface area (Å²) in [5.74, 6) is -0.266. The highest BCUT2D eigenvalue weighted by molar-refractivity contribution is 5.86. The van der Waals surface area contributed by atoms with Crippen LogP contribution in [-0.4, -0.2) is 5.11 Å². The summed E-state index contributed by atoms with van der Waals surface area (Å²) in [5.41, 5.74) is 0.800. The highest BCUT2D eigenvalue weighted by atomic mass is 19.1. The molecule has 1 unspecified atom stereocenters. The second kappa shape index (κ2) is 3.99. The topological polar surface area (TPSA) is 20.2 Å². The van der Waals surface area contributed by atoms with Gasteiger partial charge in [-0.3, -0.25) is 0 Å². The Labute approximate surface area is 88.2 Å². The van der Waals surface area contributed by atoms with Crippen molar-refractivity contribution in [2.45, 2.75) is 19.4 Å². The molecule has 0 radical (unpaired) electrons. The van der Waals surface area contributed by atoms with Crippen LogP contribution in [0.25, 0.3) is 10.8 Å². The molecule has 0 fully saturated rings. The van der Waals surface area contributed by atoms with Gasteiger partial charge in [0.05, 0.1) is 6.10 Å². The van der Waals surface area contributed by atoms with Crippen LogP contribution in [0.15, 0.2) is 36.4 Å². The molecular formula is C13H13FO. The lowest BCUT2D eigenvalue weighted by Crippen LogP contribution is -1.96. The van der Waals surface area contributed by atoms with Crippen molar-refractivity contribution in [2.75, 3.05) is 0 Å². The van der Waals surface area contributed by atoms with Crippen LogP contribution in [0.4, 0.5) is 4.39 Å². The lowest BCUT2D eigenvalue weighted by atomic mass is 9.99. The Bertz CT molecular complexity index is 479. The number of hydrogen-bond acceptors (Lipinski definition) is 1. The SMILES string of the molecule is CCC(O)c1cccc2ccc(F)cc12. The lowest BCUT2D eigenvalue weighted by molar-refractivity contribution is 0.175. The van der Waals surface area contributed by atoms with Crippen LogP contribution >= 0.6 is 0 Å². The van der Waals surface area contributed by atoms with Gasteiger partial charge in [0, 0.05) is 0 Å². The first kappa shape index (κ1) is 10.1. The minimum absolute atomic E-state index is 0.266. The molecular weight excluding hydrogens is 191 g/mol. The van der Waals surface area contributed by atoms with Gasteiger partial charge in [-0.15, -0.1) is 0 Å². The van der Waals surface area contributed by atoms with E-state index in [0.717, 1.165) is 16.3 Å². The standard InChI is InChI=1S/C13H13FO/c1-2-13(15)11-5-3-4-9-6-7-10(14)8-12(9)11/h3-8,13,15H,2H2,1H3. The molecule has 0 saturated heterocycles. The van der Waals surface area contributed by atoms with E-state index in [0.29, 0.717) is 6.42 Å². The molecule has 2 aromatic rings. The summed E-state index contributed by atoms with van der Waals surface area (Å²) in [5, 5.41) is 11.6. The van der Waals surface area contributed by atoms with Crippen LogP contribution in [0.2, 0.25) is 0 Å². The Morgan fingerprint density at radius 1 is 1.27 bits per heavy atom. The van der Waals surface area contributed by atoms with Gasteiger partial charge in [-0.1, -0.05) is 31.2 Å². The Balaban J connectivity index is 2.68. The van der Waals surface area contributed by atoms with Crippen LogP contribution < -0.4 is 0 Å². The molecule has 1 N–H and O–H groups in total. The Morgan fingerprint density at radius 2 is 2.07 bits per heavy atom. The van der Waals surface area contributed by atoms with Gasteiger partial charge in [-0.25, -0.2) is 4.39 Å². The molecule has 0 amide bonds. The molecule has 2 heteroatoms. The Kier molecular flexibility index (Phi) is 2.69. The molecule has 2 rings (SSSR count). The maximum Gasteiger partial charge on any atom is 0.123 e. The van der Waals surface area contributed by atoms with E-state index in [1.54, 1.807) is 6.07 Å². The predicted octanol–water partition coefficient (Wildman–Crippen LogP) is 3.42. The first-order valence-electron chi connectivity index (χ1n) is 5.08. The Hall–Kier alpha value is -1.41. The highest BCUT2D eigenvalue weighted by Gasteiger charge is 2.09. The fraction of sp³-hybridized carbons (Fsp3) is 0.231. The van der Waals surface area contributed by atoms with E-state index in [-0.39, 0.29) is 5.82 Å². The molecule has 15 heavy (non-hydrogen) atoms. The van der Waals surface area contributed by atoms with Crippen molar-refractivity contribution in [3.8, 4) is 0 Å². The van der Waals surface area contributed by atoms with Crippen molar-refractivity contribution in [3.63, 3.8) is 0 Å². The van der Waals surface area contributed by atoms with Crippen LogP contribution in [0.3, 0.4) is 0 Å². The van der Waals surface area contributed by atoms with Gasteiger partial charge in [0.1, 0.15) is 5.82 Å². The van der Waals surface area contributed by atoms with Gasteiger partial charge in [0.25, 0.3) is 0 Å². The highest BCUT2D eigenvalue weighted by Crippen LogP contribution is 2.26. The monoisotopic (exact) mass is 204 g/mol. The van der Waals surface area contributed by atoms with Gasteiger partial charge >= 0.3 is 0 Å². The third kappa shape index (κ3) is 1.85. The predicted molar refractivity (Wildman–Crippen MR) is 59.2 cm³/mol. The van der Waals surface area contributed by atoms with E-state index in [9.17, 15) is 9.50 Å². The smallest absolute Gasteiger partial charge is 0.123 e. The van der Waals surface area contributed by atoms with Gasteiger partial charge in [0.2, 0.25) is 0 Å². The first-order valence-corrected chi connectivity index (χ1v) is 5.08. The minimum Gasteiger partial charge on any atom is -0.388 e. The van der Waals surface area contributed by atoms with E-state index < -0.39 is 6.10 Å². The second-order valence-corrected chi connectivity index (χ2v) is 3.64. The number of hydrogen-bond donors (Lipinski definition) is 1. The normalized spacial score (nSPS) is 13.0. The molecule has 2 aromatic carbocycles. The molecule has 0 bridgehead atoms. The molecule has 1 atom stereocenters. The van der Waals surface area contributed by atoms with E-state index in [2.05, 4.69) is 0 Å². The summed E-state index contributed by atoms with van der Waals surface area (Å²) in [6.07, 6.45) is 0.116. The maximum atomic E-state index is 13.1. The maximum absolute atomic E-state index is 13.1. The van der Waals surface area contributed by atoms with E-state index >= 15 is 0 Å². The van der Waals surface area contributed by atoms with Crippen molar-refractivity contribution in [3.05, 3.63) is 47.8 Å². The molecule has 0 aliphatic heterocycles. The molecule has 0 aliphatic carbocycles. The van der Waals surface area contributed by atoms with E-state index in [1.807, 2.05) is 25.1 Å². The molecule has 0 saturated carbocycles. The quantitative estimate of drug-likeness (QED) is 0.794. The molecule has 78 valence electrons. The molecule has 1 nitrogen and oxygen atoms in total. The van der Waals surface area contributed by atoms with Crippen LogP contribution in [-0.2, 0) is 0 Å². The largest absolute Gasteiger partial charge is 0.388 e. The molecule has 0 aromatic heterocycles. The van der Waals surface area contributed by atoms with Crippen LogP contribution in [0.5, 0.6) is 0 Å². The second-order valence-electron chi connectivity index (χ2n) is 3.64. The minimum atomic E-state index is -0.518. The molecule has 0 aliphatic rings. The number of halogens is 1. The summed E-state index contributed by atoms with van der Waals surface area (Å²) < 4.78 is 13.1. The molecule has 0 spiro atoms. The number of benzene rings is 2. The van der Waals surface area contributed by atoms with Crippen LogP contribution in [0.1, 0.15) is 25.0 Å². The number of rotatable bonds is 2. The van der Waals surface area contributed by atoms with Gasteiger partial charge in [0.15, 0.2) is 0 Å². The van der Waals surface area contributed by atoms with Crippen molar-refractivity contribution in [1.82, 2.24) is 0 Å². The average molecular weight is 204 g/mol. The van der Waals surface area contributed by atoms with Gasteiger partial charge in [-0.05, 0) is 34.9 Å². The zero-order valence-corrected chi connectivity index (χ0v) is 8.57. The van der Waals surface area contributed by atoms with Crippen molar-refractivity contribution >= 4 is 10.8 Å². The zero-order chi connectivity index (χ0) is 10.8. The third-order valence-corrected chi connectivity index (χ3v) is 2.62. The summed E-state index contributed by atoms with van der Waals surface area (Å²) in [4.78, 5) is 0. The summed E-state index contributed by atoms with van der Waals surface area (Å²) in [6.45, 7) is 1.91. The average Bonchev–Trinajstić information content (AvgIpc) is 2.27. The number of fused-ring (bicyclic) bond motifs is 1. The van der Waals surface area contributed by atoms with E-state index in [1.165, 1.54) is 12.1 Å². The summed E-state index contributed by atoms with van der Waals surface area (Å²) in [6, 6.07) is 10.3. The van der Waals surface area contributed by atoms with Gasteiger partial charge in [-0.2, -0.15) is 0 Å². The third-order valence-electron chi connectivity index (χ3n) is 2.62. The van der Waals surface area contributed by atoms with Crippen molar-refractivity contribution in [1.29, 1.82) is 0 Å². The summed E-state index contributed by atoms with van der Waals surface area (Å²) >= 11 is 0. The zero-order valence-electron chi connectivity index (χ0n) is 8.57. The number of aliphatic hydroxyl groups excluding tert-OH is 1. The fourth-order valence-corrected chi connectivity index (χ4v) is 1.78. The summed E-state index contributed by atoms with van der Waals surface area (Å²) in [7, 11) is 0.